The summed E-state index contributed by atoms with van der Waals surface area (Å²) in [5.41, 5.74) is 6.63. The molecule has 0 unspecified atom stereocenters. The SMILES string of the molecule is [2H]C([2H])([2H])c1cc(-n2c(-c3cc(C([2H])(C)C)cc(C([2H])(C)C)c3O)nc3c(-c4[c-]c(-c5cc(-c6ccc(C(C([2H])([2H])[2H])(C([2H])([2H])[2H])C([2H])([2H])[2H])cc6)ccn5)cc(C(C)(C)C)c4)cccc32)c(-c2ccccc2)cc1-c1ccc(C(C)(C)C)cc1.[Pt]. The van der Waals surface area contributed by atoms with Crippen molar-refractivity contribution in [3.05, 3.63) is 191 Å². The molecule has 370 valence electrons. The molecule has 0 aliphatic heterocycles. The summed E-state index contributed by atoms with van der Waals surface area (Å²) in [6.07, 6.45) is 1.61. The van der Waals surface area contributed by atoms with Crippen LogP contribution in [0.3, 0.4) is 0 Å². The number of aryl methyl sites for hydroxylation is 1. The fourth-order valence-corrected chi connectivity index (χ4v) is 9.18. The third-order valence-electron chi connectivity index (χ3n) is 13.4. The van der Waals surface area contributed by atoms with E-state index in [4.69, 9.17) is 26.4 Å². The van der Waals surface area contributed by atoms with E-state index in [9.17, 15) is 7.85 Å². The zero-order valence-corrected chi connectivity index (χ0v) is 44.8. The summed E-state index contributed by atoms with van der Waals surface area (Å²) in [5.74, 6) is -2.52. The van der Waals surface area contributed by atoms with Crippen LogP contribution in [0.25, 0.3) is 83.9 Å². The van der Waals surface area contributed by atoms with Crippen LogP contribution >= 0.6 is 0 Å². The summed E-state index contributed by atoms with van der Waals surface area (Å²) in [5, 5.41) is 12.6. The van der Waals surface area contributed by atoms with Crippen LogP contribution in [0, 0.1) is 12.9 Å². The number of para-hydroxylation sites is 1. The van der Waals surface area contributed by atoms with E-state index < -0.39 is 50.0 Å². The number of hydrogen-bond donors (Lipinski definition) is 1. The maximum Gasteiger partial charge on any atom is 0.148 e. The van der Waals surface area contributed by atoms with Crippen molar-refractivity contribution >= 4 is 11.0 Å². The van der Waals surface area contributed by atoms with E-state index in [1.165, 1.54) is 24.3 Å². The molecule has 0 spiro atoms. The van der Waals surface area contributed by atoms with Crippen LogP contribution in [0.2, 0.25) is 0 Å². The Morgan fingerprint density at radius 3 is 1.83 bits per heavy atom. The minimum Gasteiger partial charge on any atom is -0.507 e. The van der Waals surface area contributed by atoms with E-state index in [1.54, 1.807) is 58.2 Å². The number of imidazole rings is 1. The third kappa shape index (κ3) is 10.3. The Morgan fingerprint density at radius 1 is 0.569 bits per heavy atom. The molecule has 9 rings (SSSR count). The normalized spacial score (nSPS) is 16.1. The van der Waals surface area contributed by atoms with Crippen LogP contribution in [0.1, 0.15) is 154 Å². The first-order chi connectivity index (χ1) is 39.1. The van der Waals surface area contributed by atoms with Crippen molar-refractivity contribution in [3.8, 4) is 78.6 Å². The van der Waals surface area contributed by atoms with E-state index in [0.717, 1.165) is 16.7 Å². The standard InChI is InChI=1S/C67H70N3O.Pt/c1-41(2)48-37-55(42(3)4)63(71)58(38-48)64-69-62-54(49-34-50(36-53(35-49)67(12,13)14)59-39-47(31-32-68-59)44-23-27-51(28-24-44)65(6,7)8)21-18-22-60(62)70(64)61-33-43(5)56(40-57(61)45-19-16-15-17-20-45)46-25-29-52(30-26-46)66(9,10)11;/h15-33,35-42,71H,1-14H3;/q-1;/i5D3,6D3,7D3,8D3,41D,42D;. The molecule has 0 atom stereocenters. The smallest absolute Gasteiger partial charge is 0.148 e. The van der Waals surface area contributed by atoms with Gasteiger partial charge >= 0.3 is 0 Å². The van der Waals surface area contributed by atoms with Gasteiger partial charge in [0.1, 0.15) is 11.6 Å². The van der Waals surface area contributed by atoms with Crippen LogP contribution in [-0.2, 0) is 37.3 Å². The van der Waals surface area contributed by atoms with Gasteiger partial charge in [-0.05, 0) is 121 Å². The van der Waals surface area contributed by atoms with Crippen molar-refractivity contribution < 1.29 is 45.4 Å². The Bertz CT molecular complexity index is 3950. The van der Waals surface area contributed by atoms with Gasteiger partial charge in [0.25, 0.3) is 0 Å². The number of benzene rings is 7. The average molecular weight is 1140 g/mol. The molecular weight excluding hydrogens is 1060 g/mol. The summed E-state index contributed by atoms with van der Waals surface area (Å²) in [6, 6.07) is 47.2. The molecule has 2 aromatic heterocycles. The van der Waals surface area contributed by atoms with E-state index in [2.05, 4.69) is 47.6 Å². The number of rotatable bonds is 9. The molecule has 2 heterocycles. The zero-order valence-electron chi connectivity index (χ0n) is 56.5. The van der Waals surface area contributed by atoms with E-state index >= 15 is 0 Å². The van der Waals surface area contributed by atoms with Crippen LogP contribution < -0.4 is 0 Å². The number of nitrogens with zero attached hydrogens (tertiary/aromatic N) is 3. The molecular formula is C67H70N3OPt-. The first kappa shape index (κ1) is 36.5. The van der Waals surface area contributed by atoms with Crippen LogP contribution in [0.4, 0.5) is 0 Å². The molecule has 0 saturated carbocycles. The van der Waals surface area contributed by atoms with Crippen molar-refractivity contribution in [1.29, 1.82) is 0 Å². The van der Waals surface area contributed by atoms with Gasteiger partial charge in [-0.1, -0.05) is 204 Å². The van der Waals surface area contributed by atoms with Crippen molar-refractivity contribution in [3.63, 3.8) is 0 Å². The van der Waals surface area contributed by atoms with Gasteiger partial charge in [-0.3, -0.25) is 9.55 Å². The van der Waals surface area contributed by atoms with Crippen molar-refractivity contribution in [2.75, 3.05) is 0 Å². The van der Waals surface area contributed by atoms with Crippen molar-refractivity contribution in [2.24, 2.45) is 0 Å². The summed E-state index contributed by atoms with van der Waals surface area (Å²) in [6.45, 7) is 6.56. The van der Waals surface area contributed by atoms with Gasteiger partial charge in [0, 0.05) is 57.7 Å². The van der Waals surface area contributed by atoms with Crippen molar-refractivity contribution in [1.82, 2.24) is 14.5 Å². The number of fused-ring (bicyclic) bond motifs is 1. The fourth-order valence-electron chi connectivity index (χ4n) is 9.18. The van der Waals surface area contributed by atoms with E-state index in [0.29, 0.717) is 72.5 Å². The molecule has 0 aliphatic rings. The van der Waals surface area contributed by atoms with Gasteiger partial charge in [0.15, 0.2) is 0 Å². The van der Waals surface area contributed by atoms with E-state index in [1.807, 2.05) is 102 Å². The number of aromatic nitrogens is 3. The molecule has 1 N–H and O–H groups in total. The van der Waals surface area contributed by atoms with Crippen LogP contribution in [0.15, 0.2) is 152 Å². The quantitative estimate of drug-likeness (QED) is 0.147. The number of hydrogen-bond acceptors (Lipinski definition) is 3. The van der Waals surface area contributed by atoms with E-state index in [-0.39, 0.29) is 60.3 Å². The van der Waals surface area contributed by atoms with Gasteiger partial charge < -0.3 is 5.11 Å². The molecule has 0 aliphatic carbocycles. The minimum atomic E-state index is -3.42. The Balaban J connectivity index is 0.00000961. The number of pyridine rings is 1. The topological polar surface area (TPSA) is 50.9 Å². The van der Waals surface area contributed by atoms with Gasteiger partial charge in [0.05, 0.1) is 22.3 Å². The molecule has 5 heteroatoms. The molecule has 0 radical (unpaired) electrons. The number of aromatic hydroxyl groups is 1. The molecule has 9 aromatic rings. The predicted octanol–water partition coefficient (Wildman–Crippen LogP) is 18.4. The number of phenolic OH excluding ortho intramolecular Hbond substituents is 1. The molecule has 0 bridgehead atoms. The second-order valence-electron chi connectivity index (χ2n) is 21.2. The summed E-state index contributed by atoms with van der Waals surface area (Å²) in [7, 11) is 0. The summed E-state index contributed by atoms with van der Waals surface area (Å²) < 4.78 is 122. The molecule has 0 fully saturated rings. The zero-order chi connectivity index (χ0) is 62.6. The summed E-state index contributed by atoms with van der Waals surface area (Å²) >= 11 is 0. The first-order valence-electron chi connectivity index (χ1n) is 31.0. The van der Waals surface area contributed by atoms with Gasteiger partial charge in [0.2, 0.25) is 0 Å². The Hall–Kier alpha value is -6.35. The average Bonchev–Trinajstić information content (AvgIpc) is 0.935. The maximum atomic E-state index is 12.6. The molecule has 72 heavy (non-hydrogen) atoms. The molecule has 7 aromatic carbocycles. The van der Waals surface area contributed by atoms with Gasteiger partial charge in [-0.15, -0.1) is 29.3 Å². The molecule has 0 saturated heterocycles. The largest absolute Gasteiger partial charge is 0.507 e. The Labute approximate surface area is 463 Å². The third-order valence-corrected chi connectivity index (χ3v) is 13.4. The minimum absolute atomic E-state index is 0. The second-order valence-corrected chi connectivity index (χ2v) is 21.2. The van der Waals surface area contributed by atoms with Gasteiger partial charge in [-0.2, -0.15) is 0 Å². The molecule has 4 nitrogen and oxygen atoms in total. The van der Waals surface area contributed by atoms with Crippen LogP contribution in [-0.4, -0.2) is 19.6 Å². The first-order valence-corrected chi connectivity index (χ1v) is 24.0. The molecule has 0 amide bonds. The predicted molar refractivity (Wildman–Crippen MR) is 301 cm³/mol. The fraction of sp³-hybridized carbons (Fsp3) is 0.284. The summed E-state index contributed by atoms with van der Waals surface area (Å²) in [4.78, 5) is 10.3. The van der Waals surface area contributed by atoms with Crippen LogP contribution in [0.5, 0.6) is 5.75 Å². The second kappa shape index (κ2) is 19.9. The van der Waals surface area contributed by atoms with Crippen molar-refractivity contribution in [2.45, 2.75) is 125 Å². The Kier molecular flexibility index (Phi) is 10.1. The monoisotopic (exact) mass is 1140 g/mol. The Morgan fingerprint density at radius 2 is 1.21 bits per heavy atom. The maximum absolute atomic E-state index is 12.6. The number of phenols is 1. The van der Waals surface area contributed by atoms with Gasteiger partial charge in [-0.25, -0.2) is 4.98 Å².